The second-order valence-electron chi connectivity index (χ2n) is 10.2. The monoisotopic (exact) mass is 483 g/mol. The summed E-state index contributed by atoms with van der Waals surface area (Å²) in [5, 5.41) is 5.83. The third-order valence-electron chi connectivity index (χ3n) is 7.79. The molecule has 2 atom stereocenters. The Morgan fingerprint density at radius 1 is 0.861 bits per heavy atom. The zero-order chi connectivity index (χ0) is 24.3. The van der Waals surface area contributed by atoms with Crippen LogP contribution < -0.4 is 5.32 Å². The fourth-order valence-electron chi connectivity index (χ4n) is 5.80. The van der Waals surface area contributed by atoms with E-state index in [-0.39, 0.29) is 18.8 Å². The number of nitrogens with zero attached hydrogens (tertiary/aromatic N) is 2. The number of rotatable bonds is 4. The van der Waals surface area contributed by atoms with Gasteiger partial charge in [0, 0.05) is 24.1 Å². The maximum Gasteiger partial charge on any atom is 0.248 e. The molecule has 0 amide bonds. The maximum absolute atomic E-state index is 13.6. The largest absolute Gasteiger partial charge is 0.342 e. The Balaban J connectivity index is 1.15. The van der Waals surface area contributed by atoms with Crippen molar-refractivity contribution in [1.82, 2.24) is 25.3 Å². The van der Waals surface area contributed by atoms with Crippen molar-refractivity contribution >= 4 is 21.8 Å². The number of halogens is 2. The zero-order valence-electron chi connectivity index (χ0n) is 19.8. The number of aromatic nitrogens is 4. The number of fused-ring (bicyclic) bond motifs is 3. The number of hydrogen-bond acceptors (Lipinski definition) is 3. The number of H-pyrrole nitrogens is 2. The average molecular weight is 484 g/mol. The first-order chi connectivity index (χ1) is 17.5. The smallest absolute Gasteiger partial charge is 0.248 e. The van der Waals surface area contributed by atoms with Crippen LogP contribution in [0.5, 0.6) is 0 Å². The van der Waals surface area contributed by atoms with Crippen molar-refractivity contribution in [2.45, 2.75) is 50.0 Å². The van der Waals surface area contributed by atoms with Gasteiger partial charge >= 0.3 is 0 Å². The van der Waals surface area contributed by atoms with Gasteiger partial charge in [-0.3, -0.25) is 0 Å². The summed E-state index contributed by atoms with van der Waals surface area (Å²) >= 11 is 0. The third kappa shape index (κ3) is 3.78. The normalized spacial score (nSPS) is 21.6. The molecule has 3 heterocycles. The molecule has 1 saturated carbocycles. The van der Waals surface area contributed by atoms with E-state index < -0.39 is 5.92 Å². The summed E-state index contributed by atoms with van der Waals surface area (Å²) in [5.41, 5.74) is 6.21. The van der Waals surface area contributed by atoms with Crippen molar-refractivity contribution in [3.8, 4) is 22.4 Å². The van der Waals surface area contributed by atoms with Crippen molar-refractivity contribution in [2.75, 3.05) is 6.54 Å². The molecule has 1 aliphatic carbocycles. The van der Waals surface area contributed by atoms with Crippen molar-refractivity contribution in [1.29, 1.82) is 0 Å². The van der Waals surface area contributed by atoms with Crippen molar-refractivity contribution in [3.05, 3.63) is 72.4 Å². The van der Waals surface area contributed by atoms with Crippen LogP contribution in [0.2, 0.25) is 0 Å². The molecule has 36 heavy (non-hydrogen) atoms. The summed E-state index contributed by atoms with van der Waals surface area (Å²) in [6.45, 7) is 1.05. The molecule has 2 aliphatic rings. The molecule has 7 rings (SSSR count). The highest BCUT2D eigenvalue weighted by molar-refractivity contribution is 6.05. The second-order valence-corrected chi connectivity index (χ2v) is 10.2. The van der Waals surface area contributed by atoms with Crippen LogP contribution in [0, 0.1) is 0 Å². The summed E-state index contributed by atoms with van der Waals surface area (Å²) in [6, 6.07) is 19.4. The highest BCUT2D eigenvalue weighted by Gasteiger charge is 2.41. The predicted octanol–water partition coefficient (Wildman–Crippen LogP) is 7.10. The minimum absolute atomic E-state index is 0.0568. The molecule has 2 aromatic heterocycles. The van der Waals surface area contributed by atoms with Crippen molar-refractivity contribution in [2.24, 2.45) is 0 Å². The van der Waals surface area contributed by atoms with Gasteiger partial charge < -0.3 is 15.3 Å². The quantitative estimate of drug-likeness (QED) is 0.255. The van der Waals surface area contributed by atoms with Gasteiger partial charge in [0.2, 0.25) is 5.92 Å². The van der Waals surface area contributed by atoms with Gasteiger partial charge in [-0.1, -0.05) is 42.5 Å². The van der Waals surface area contributed by atoms with Crippen molar-refractivity contribution < 1.29 is 8.78 Å². The molecule has 7 heteroatoms. The van der Waals surface area contributed by atoms with Crippen LogP contribution in [-0.4, -0.2) is 32.4 Å². The first-order valence-electron chi connectivity index (χ1n) is 12.7. The summed E-state index contributed by atoms with van der Waals surface area (Å²) < 4.78 is 27.2. The Hall–Kier alpha value is -3.58. The van der Waals surface area contributed by atoms with E-state index in [4.69, 9.17) is 4.98 Å². The van der Waals surface area contributed by atoms with E-state index >= 15 is 0 Å². The summed E-state index contributed by atoms with van der Waals surface area (Å²) in [4.78, 5) is 16.1. The SMILES string of the molecule is FC1(F)CC[C@H](c2ncc(-c3ccc(-c4ccc5c(ccc6[nH]c([C@@H]7CCCN7)nc65)c4)cc3)[nH]2)C1. The van der Waals surface area contributed by atoms with E-state index in [0.717, 1.165) is 63.0 Å². The highest BCUT2D eigenvalue weighted by atomic mass is 19.3. The first-order valence-corrected chi connectivity index (χ1v) is 12.7. The fourth-order valence-corrected chi connectivity index (χ4v) is 5.80. The predicted molar refractivity (Wildman–Crippen MR) is 138 cm³/mol. The molecule has 0 spiro atoms. The van der Waals surface area contributed by atoms with Gasteiger partial charge in [0.05, 0.1) is 29.0 Å². The van der Waals surface area contributed by atoms with Crippen molar-refractivity contribution in [3.63, 3.8) is 0 Å². The second kappa shape index (κ2) is 8.23. The lowest BCUT2D eigenvalue weighted by atomic mass is 9.99. The number of benzene rings is 3. The molecule has 5 nitrogen and oxygen atoms in total. The van der Waals surface area contributed by atoms with Gasteiger partial charge in [0.25, 0.3) is 0 Å². The van der Waals surface area contributed by atoms with E-state index in [1.807, 2.05) is 0 Å². The minimum Gasteiger partial charge on any atom is -0.342 e. The Bertz CT molecular complexity index is 1560. The van der Waals surface area contributed by atoms with E-state index in [1.54, 1.807) is 6.20 Å². The number of imidazole rings is 2. The molecule has 0 unspecified atom stereocenters. The molecular formula is C29H27F2N5. The molecule has 0 radical (unpaired) electrons. The number of nitrogens with one attached hydrogen (secondary N) is 3. The van der Waals surface area contributed by atoms with E-state index in [2.05, 4.69) is 74.9 Å². The van der Waals surface area contributed by atoms with Crippen LogP contribution in [-0.2, 0) is 0 Å². The molecule has 1 aliphatic heterocycles. The fraction of sp³-hybridized carbons (Fsp3) is 0.310. The summed E-state index contributed by atoms with van der Waals surface area (Å²) in [7, 11) is 0. The van der Waals surface area contributed by atoms with Crippen LogP contribution in [0.3, 0.4) is 0 Å². The molecule has 3 aromatic carbocycles. The van der Waals surface area contributed by atoms with Gasteiger partial charge in [-0.15, -0.1) is 0 Å². The van der Waals surface area contributed by atoms with Crippen LogP contribution in [0.25, 0.3) is 44.2 Å². The van der Waals surface area contributed by atoms with Gasteiger partial charge in [0.15, 0.2) is 0 Å². The molecule has 3 N–H and O–H groups in total. The molecule has 182 valence electrons. The lowest BCUT2D eigenvalue weighted by Crippen LogP contribution is -2.13. The highest BCUT2D eigenvalue weighted by Crippen LogP contribution is 2.43. The van der Waals surface area contributed by atoms with Gasteiger partial charge in [-0.25, -0.2) is 18.7 Å². The van der Waals surface area contributed by atoms with E-state index in [0.29, 0.717) is 18.3 Å². The summed E-state index contributed by atoms with van der Waals surface area (Å²) in [5.74, 6) is -1.08. The Labute approximate surface area is 207 Å². The lowest BCUT2D eigenvalue weighted by Gasteiger charge is -2.08. The Morgan fingerprint density at radius 2 is 1.69 bits per heavy atom. The Kier molecular flexibility index (Phi) is 4.96. The summed E-state index contributed by atoms with van der Waals surface area (Å²) in [6.07, 6.45) is 4.36. The minimum atomic E-state index is -2.57. The van der Waals surface area contributed by atoms with Crippen LogP contribution in [0.1, 0.15) is 55.7 Å². The van der Waals surface area contributed by atoms with Crippen LogP contribution in [0.15, 0.2) is 60.8 Å². The van der Waals surface area contributed by atoms with Crippen LogP contribution >= 0.6 is 0 Å². The maximum atomic E-state index is 13.6. The van der Waals surface area contributed by atoms with Gasteiger partial charge in [-0.05, 0) is 60.0 Å². The molecular weight excluding hydrogens is 456 g/mol. The van der Waals surface area contributed by atoms with Crippen LogP contribution in [0.4, 0.5) is 8.78 Å². The zero-order valence-corrected chi connectivity index (χ0v) is 19.8. The van der Waals surface area contributed by atoms with E-state index in [1.165, 1.54) is 6.42 Å². The molecule has 0 bridgehead atoms. The third-order valence-corrected chi connectivity index (χ3v) is 7.79. The van der Waals surface area contributed by atoms with E-state index in [9.17, 15) is 8.78 Å². The first kappa shape index (κ1) is 21.7. The van der Waals surface area contributed by atoms with Gasteiger partial charge in [0.1, 0.15) is 11.6 Å². The Morgan fingerprint density at radius 3 is 2.47 bits per heavy atom. The molecule has 5 aromatic rings. The molecule has 1 saturated heterocycles. The topological polar surface area (TPSA) is 69.4 Å². The molecule has 2 fully saturated rings. The number of aromatic amines is 2. The standard InChI is InChI=1S/C29H27F2N5/c30-29(31)12-11-21(15-29)27-33-16-25(35-27)18-5-3-17(4-6-18)19-7-9-22-20(14-19)8-10-23-26(22)36-28(34-23)24-2-1-13-32-24/h3-10,14,16,21,24,32H,1-2,11-13,15H2,(H,33,35)(H,34,36)/t21-,24-/m0/s1. The van der Waals surface area contributed by atoms with Gasteiger partial charge in [-0.2, -0.15) is 0 Å². The number of alkyl halides is 2. The average Bonchev–Trinajstić information content (AvgIpc) is 3.69. The lowest BCUT2D eigenvalue weighted by molar-refractivity contribution is 0.00756. The number of hydrogen-bond donors (Lipinski definition) is 3.